The smallest absolute Gasteiger partial charge is 0.338 e. The summed E-state index contributed by atoms with van der Waals surface area (Å²) in [6, 6.07) is 6.60. The number of carbonyl (C=O) groups excluding carboxylic acids is 2. The van der Waals surface area contributed by atoms with Gasteiger partial charge in [0.05, 0.1) is 17.7 Å². The summed E-state index contributed by atoms with van der Waals surface area (Å²) in [5.74, 6) is -0.646. The minimum atomic E-state index is -0.325. The second-order valence-electron chi connectivity index (χ2n) is 9.56. The van der Waals surface area contributed by atoms with E-state index in [0.29, 0.717) is 17.7 Å². The van der Waals surface area contributed by atoms with Gasteiger partial charge in [0, 0.05) is 0 Å². The Labute approximate surface area is 209 Å². The van der Waals surface area contributed by atoms with E-state index in [1.165, 1.54) is 70.6 Å². The van der Waals surface area contributed by atoms with Crippen molar-refractivity contribution in [1.29, 1.82) is 0 Å². The molecule has 1 rings (SSSR count). The summed E-state index contributed by atoms with van der Waals surface area (Å²) in [5, 5.41) is 0. The third-order valence-corrected chi connectivity index (χ3v) is 6.33. The summed E-state index contributed by atoms with van der Waals surface area (Å²) >= 11 is 0. The molecule has 0 unspecified atom stereocenters. The van der Waals surface area contributed by atoms with Crippen molar-refractivity contribution in [2.24, 2.45) is 0 Å². The Bertz CT molecular complexity index is 632. The van der Waals surface area contributed by atoms with Gasteiger partial charge >= 0.3 is 11.9 Å². The van der Waals surface area contributed by atoms with Gasteiger partial charge < -0.3 is 9.47 Å². The highest BCUT2D eigenvalue weighted by molar-refractivity contribution is 5.93. The van der Waals surface area contributed by atoms with E-state index in [1.54, 1.807) is 24.3 Å². The molecule has 1 aromatic carbocycles. The van der Waals surface area contributed by atoms with E-state index in [1.807, 2.05) is 0 Å². The number of benzene rings is 1. The number of carbonyl (C=O) groups is 2. The Balaban J connectivity index is 2.12. The Hall–Kier alpha value is -1.84. The first kappa shape index (κ1) is 30.2. The van der Waals surface area contributed by atoms with Gasteiger partial charge in [0.1, 0.15) is 6.10 Å². The molecule has 0 fully saturated rings. The molecule has 1 aromatic rings. The molecule has 194 valence electrons. The number of hydrogen-bond acceptors (Lipinski definition) is 4. The first-order valence-electron chi connectivity index (χ1n) is 14.1. The third kappa shape index (κ3) is 14.4. The van der Waals surface area contributed by atoms with Crippen molar-refractivity contribution < 1.29 is 19.1 Å². The van der Waals surface area contributed by atoms with Gasteiger partial charge in [-0.05, 0) is 43.5 Å². The molecule has 0 saturated carbocycles. The molecule has 34 heavy (non-hydrogen) atoms. The number of unbranched alkanes of at least 4 members (excludes halogenated alkanes) is 12. The molecular formula is C30H50O4. The predicted molar refractivity (Wildman–Crippen MR) is 141 cm³/mol. The Morgan fingerprint density at radius 2 is 1.00 bits per heavy atom. The van der Waals surface area contributed by atoms with E-state index in [-0.39, 0.29) is 18.0 Å². The van der Waals surface area contributed by atoms with Gasteiger partial charge in [0.15, 0.2) is 0 Å². The zero-order valence-electron chi connectivity index (χ0n) is 22.2. The van der Waals surface area contributed by atoms with Crippen LogP contribution in [0.15, 0.2) is 24.3 Å². The maximum atomic E-state index is 12.4. The van der Waals surface area contributed by atoms with Gasteiger partial charge in [0.25, 0.3) is 0 Å². The topological polar surface area (TPSA) is 52.6 Å². The fourth-order valence-corrected chi connectivity index (χ4v) is 4.24. The highest BCUT2D eigenvalue weighted by atomic mass is 16.5. The van der Waals surface area contributed by atoms with E-state index in [4.69, 9.17) is 9.47 Å². The van der Waals surface area contributed by atoms with Crippen molar-refractivity contribution in [2.45, 2.75) is 136 Å². The molecule has 0 aliphatic rings. The maximum Gasteiger partial charge on any atom is 0.338 e. The van der Waals surface area contributed by atoms with Crippen molar-refractivity contribution in [3.05, 3.63) is 35.4 Å². The quantitative estimate of drug-likeness (QED) is 0.132. The molecule has 0 amide bonds. The van der Waals surface area contributed by atoms with Gasteiger partial charge in [-0.25, -0.2) is 9.59 Å². The second kappa shape index (κ2) is 20.5. The molecule has 4 heteroatoms. The normalized spacial score (nSPS) is 11.1. The van der Waals surface area contributed by atoms with Crippen LogP contribution in [0.5, 0.6) is 0 Å². The molecule has 0 aliphatic heterocycles. The van der Waals surface area contributed by atoms with Crippen LogP contribution >= 0.6 is 0 Å². The average Bonchev–Trinajstić information content (AvgIpc) is 2.84. The largest absolute Gasteiger partial charge is 0.462 e. The van der Waals surface area contributed by atoms with Crippen LogP contribution < -0.4 is 0 Å². The molecule has 0 aromatic heterocycles. The molecule has 0 spiro atoms. The summed E-state index contributed by atoms with van der Waals surface area (Å²) < 4.78 is 11.0. The van der Waals surface area contributed by atoms with Crippen LogP contribution in [-0.4, -0.2) is 24.6 Å². The van der Waals surface area contributed by atoms with Crippen molar-refractivity contribution in [3.8, 4) is 0 Å². The molecule has 4 nitrogen and oxygen atoms in total. The van der Waals surface area contributed by atoms with Crippen LogP contribution in [0.4, 0.5) is 0 Å². The summed E-state index contributed by atoms with van der Waals surface area (Å²) in [4.78, 5) is 24.6. The number of hydrogen-bond donors (Lipinski definition) is 0. The number of rotatable bonds is 21. The number of ether oxygens (including phenoxy) is 2. The zero-order chi connectivity index (χ0) is 24.9. The van der Waals surface area contributed by atoms with Crippen LogP contribution in [0.25, 0.3) is 0 Å². The number of esters is 2. The van der Waals surface area contributed by atoms with Crippen LogP contribution in [0.2, 0.25) is 0 Å². The summed E-state index contributed by atoms with van der Waals surface area (Å²) in [5.41, 5.74) is 0.954. The molecule has 0 N–H and O–H groups in total. The molecule has 0 radical (unpaired) electrons. The van der Waals surface area contributed by atoms with E-state index in [9.17, 15) is 9.59 Å². The molecule has 0 saturated heterocycles. The first-order chi connectivity index (χ1) is 16.6. The molecule has 0 heterocycles. The highest BCUT2D eigenvalue weighted by Gasteiger charge is 2.15. The van der Waals surface area contributed by atoms with Crippen molar-refractivity contribution >= 4 is 11.9 Å². The van der Waals surface area contributed by atoms with Crippen molar-refractivity contribution in [2.75, 3.05) is 6.61 Å². The maximum absolute atomic E-state index is 12.4. The zero-order valence-corrected chi connectivity index (χ0v) is 22.2. The molecule has 0 atom stereocenters. The summed E-state index contributed by atoms with van der Waals surface area (Å²) in [6.07, 6.45) is 20.5. The lowest BCUT2D eigenvalue weighted by Gasteiger charge is -2.16. The van der Waals surface area contributed by atoms with Gasteiger partial charge in [-0.2, -0.15) is 0 Å². The minimum Gasteiger partial charge on any atom is -0.462 e. The molecular weight excluding hydrogens is 424 g/mol. The van der Waals surface area contributed by atoms with Crippen molar-refractivity contribution in [3.63, 3.8) is 0 Å². The molecule has 0 bridgehead atoms. The van der Waals surface area contributed by atoms with Crippen LogP contribution in [0.1, 0.15) is 151 Å². The second-order valence-corrected chi connectivity index (χ2v) is 9.56. The minimum absolute atomic E-state index is 0.0348. The lowest BCUT2D eigenvalue weighted by atomic mass is 10.0. The Kier molecular flexibility index (Phi) is 18.2. The van der Waals surface area contributed by atoms with Gasteiger partial charge in [0.2, 0.25) is 0 Å². The van der Waals surface area contributed by atoms with Crippen LogP contribution in [0.3, 0.4) is 0 Å². The summed E-state index contributed by atoms with van der Waals surface area (Å²) in [6.45, 7) is 6.90. The fraction of sp³-hybridized carbons (Fsp3) is 0.733. The first-order valence-corrected chi connectivity index (χ1v) is 14.1. The highest BCUT2D eigenvalue weighted by Crippen LogP contribution is 2.15. The van der Waals surface area contributed by atoms with Gasteiger partial charge in [-0.15, -0.1) is 0 Å². The van der Waals surface area contributed by atoms with E-state index in [2.05, 4.69) is 20.8 Å². The van der Waals surface area contributed by atoms with Crippen molar-refractivity contribution in [1.82, 2.24) is 0 Å². The average molecular weight is 475 g/mol. The summed E-state index contributed by atoms with van der Waals surface area (Å²) in [7, 11) is 0. The predicted octanol–water partition coefficient (Wildman–Crippen LogP) is 9.06. The van der Waals surface area contributed by atoms with Crippen LogP contribution in [0, 0.1) is 0 Å². The monoisotopic (exact) mass is 474 g/mol. The lowest BCUT2D eigenvalue weighted by Crippen LogP contribution is -2.18. The third-order valence-electron chi connectivity index (χ3n) is 6.33. The van der Waals surface area contributed by atoms with E-state index >= 15 is 0 Å². The Morgan fingerprint density at radius 1 is 0.588 bits per heavy atom. The lowest BCUT2D eigenvalue weighted by molar-refractivity contribution is 0.0257. The fourth-order valence-electron chi connectivity index (χ4n) is 4.24. The SMILES string of the molecule is CCCCCCCCCCCCCCCOC(=O)c1ccc(C(=O)OC(CCC)CCC)cc1. The van der Waals surface area contributed by atoms with Crippen LogP contribution in [-0.2, 0) is 9.47 Å². The van der Waals surface area contributed by atoms with E-state index < -0.39 is 0 Å². The van der Waals surface area contributed by atoms with Gasteiger partial charge in [-0.1, -0.05) is 111 Å². The van der Waals surface area contributed by atoms with E-state index in [0.717, 1.165) is 38.5 Å². The Morgan fingerprint density at radius 3 is 1.44 bits per heavy atom. The standard InChI is InChI=1S/C30H50O4/c1-4-7-8-9-10-11-12-13-14-15-16-17-18-25-33-29(31)26-21-23-27(24-22-26)30(32)34-28(19-5-2)20-6-3/h21-24,28H,4-20,25H2,1-3H3. The van der Waals surface area contributed by atoms with Gasteiger partial charge in [-0.3, -0.25) is 0 Å². The molecule has 0 aliphatic carbocycles.